The molecular formula is C17H18BrNO6S. The highest BCUT2D eigenvalue weighted by molar-refractivity contribution is 9.10. The van der Waals surface area contributed by atoms with Gasteiger partial charge in [-0.3, -0.25) is 4.79 Å². The van der Waals surface area contributed by atoms with E-state index in [0.29, 0.717) is 17.4 Å². The first-order valence-corrected chi connectivity index (χ1v) is 10.7. The fraction of sp³-hybridized carbons (Fsp3) is 0.412. The second-order valence-corrected chi connectivity index (χ2v) is 9.32. The van der Waals surface area contributed by atoms with Gasteiger partial charge in [0.25, 0.3) is 5.91 Å². The summed E-state index contributed by atoms with van der Waals surface area (Å²) in [6.07, 6.45) is 0.349. The molecule has 1 aromatic carbocycles. The van der Waals surface area contributed by atoms with E-state index in [4.69, 9.17) is 9.15 Å². The van der Waals surface area contributed by atoms with Gasteiger partial charge in [-0.15, -0.1) is 0 Å². The van der Waals surface area contributed by atoms with Crippen LogP contribution in [0.4, 0.5) is 0 Å². The maximum absolute atomic E-state index is 13.0. The van der Waals surface area contributed by atoms with Gasteiger partial charge in [0.2, 0.25) is 0 Å². The van der Waals surface area contributed by atoms with E-state index in [0.717, 1.165) is 4.47 Å². The molecule has 9 heteroatoms. The van der Waals surface area contributed by atoms with Crippen LogP contribution in [0.25, 0.3) is 11.0 Å². The van der Waals surface area contributed by atoms with Crippen LogP contribution < -0.4 is 5.63 Å². The first kappa shape index (κ1) is 19.1. The van der Waals surface area contributed by atoms with Crippen molar-refractivity contribution in [2.45, 2.75) is 12.5 Å². The van der Waals surface area contributed by atoms with Gasteiger partial charge < -0.3 is 14.1 Å². The third-order valence-electron chi connectivity index (χ3n) is 4.37. The number of carbonyl (C=O) groups is 1. The second-order valence-electron chi connectivity index (χ2n) is 6.18. The van der Waals surface area contributed by atoms with Crippen molar-refractivity contribution in [2.75, 3.05) is 31.8 Å². The first-order chi connectivity index (χ1) is 12.3. The van der Waals surface area contributed by atoms with Gasteiger partial charge in [0.1, 0.15) is 11.1 Å². The fourth-order valence-electron chi connectivity index (χ4n) is 3.06. The zero-order valence-corrected chi connectivity index (χ0v) is 16.5. The molecular weight excluding hydrogens is 426 g/mol. The number of carbonyl (C=O) groups excluding carboxylic acids is 1. The van der Waals surface area contributed by atoms with E-state index >= 15 is 0 Å². The highest BCUT2D eigenvalue weighted by atomic mass is 79.9. The van der Waals surface area contributed by atoms with Gasteiger partial charge in [0, 0.05) is 29.6 Å². The van der Waals surface area contributed by atoms with Crippen LogP contribution in [-0.2, 0) is 14.6 Å². The molecule has 0 radical (unpaired) electrons. The molecule has 1 saturated heterocycles. The minimum Gasteiger partial charge on any atom is -0.422 e. The van der Waals surface area contributed by atoms with E-state index < -0.39 is 27.4 Å². The lowest BCUT2D eigenvalue weighted by atomic mass is 10.1. The normalized spacial score (nSPS) is 18.9. The van der Waals surface area contributed by atoms with Crippen molar-refractivity contribution in [1.29, 1.82) is 0 Å². The summed E-state index contributed by atoms with van der Waals surface area (Å²) in [5.41, 5.74) is -0.481. The molecule has 0 unspecified atom stereocenters. The lowest BCUT2D eigenvalue weighted by molar-refractivity contribution is 0.0620. The number of sulfone groups is 1. The van der Waals surface area contributed by atoms with E-state index in [1.54, 1.807) is 18.2 Å². The Morgan fingerprint density at radius 2 is 2.15 bits per heavy atom. The standard InChI is InChI=1S/C17H18BrNO6S/c1-24-6-5-19(13-4-7-26(22,23)10-13)16(20)14-9-11-8-12(18)2-3-15(11)25-17(14)21/h2-3,8-9,13H,4-7,10H2,1H3/t13-/m1/s1. The fourth-order valence-corrected chi connectivity index (χ4v) is 5.17. The zero-order valence-electron chi connectivity index (χ0n) is 14.1. The minimum atomic E-state index is -3.17. The zero-order chi connectivity index (χ0) is 18.9. The lowest BCUT2D eigenvalue weighted by Crippen LogP contribution is -2.44. The summed E-state index contributed by atoms with van der Waals surface area (Å²) in [5, 5.41) is 0.605. The lowest BCUT2D eigenvalue weighted by Gasteiger charge is -2.27. The SMILES string of the molecule is COCCN(C(=O)c1cc2cc(Br)ccc2oc1=O)[C@@H]1CCS(=O)(=O)C1. The Hall–Kier alpha value is -1.71. The molecule has 2 heterocycles. The van der Waals surface area contributed by atoms with Crippen LogP contribution in [0.15, 0.2) is 37.9 Å². The molecule has 0 aliphatic carbocycles. The Kier molecular flexibility index (Phi) is 5.50. The Morgan fingerprint density at radius 1 is 1.38 bits per heavy atom. The molecule has 0 spiro atoms. The third-order valence-corrected chi connectivity index (χ3v) is 6.61. The van der Waals surface area contributed by atoms with Gasteiger partial charge in [-0.2, -0.15) is 0 Å². The van der Waals surface area contributed by atoms with Crippen LogP contribution in [0.2, 0.25) is 0 Å². The maximum Gasteiger partial charge on any atom is 0.349 e. The van der Waals surface area contributed by atoms with E-state index in [9.17, 15) is 18.0 Å². The van der Waals surface area contributed by atoms with Crippen molar-refractivity contribution in [2.24, 2.45) is 0 Å². The molecule has 1 atom stereocenters. The molecule has 0 saturated carbocycles. The quantitative estimate of drug-likeness (QED) is 0.654. The molecule has 2 aromatic rings. The van der Waals surface area contributed by atoms with Crippen LogP contribution >= 0.6 is 15.9 Å². The van der Waals surface area contributed by atoms with Gasteiger partial charge in [0.15, 0.2) is 9.84 Å². The van der Waals surface area contributed by atoms with Gasteiger partial charge >= 0.3 is 5.63 Å². The number of benzene rings is 1. The number of hydrogen-bond acceptors (Lipinski definition) is 6. The smallest absolute Gasteiger partial charge is 0.349 e. The molecule has 26 heavy (non-hydrogen) atoms. The summed E-state index contributed by atoms with van der Waals surface area (Å²) in [5.74, 6) is -0.611. The predicted molar refractivity (Wildman–Crippen MR) is 100 cm³/mol. The number of fused-ring (bicyclic) bond motifs is 1. The number of ether oxygens (including phenoxy) is 1. The molecule has 1 aliphatic rings. The van der Waals surface area contributed by atoms with E-state index in [-0.39, 0.29) is 30.2 Å². The number of hydrogen-bond donors (Lipinski definition) is 0. The molecule has 3 rings (SSSR count). The maximum atomic E-state index is 13.0. The van der Waals surface area contributed by atoms with E-state index in [2.05, 4.69) is 15.9 Å². The van der Waals surface area contributed by atoms with Crippen molar-refractivity contribution in [3.8, 4) is 0 Å². The van der Waals surface area contributed by atoms with Crippen LogP contribution in [0, 0.1) is 0 Å². The molecule has 1 aromatic heterocycles. The van der Waals surface area contributed by atoms with E-state index in [1.165, 1.54) is 18.1 Å². The Morgan fingerprint density at radius 3 is 2.81 bits per heavy atom. The predicted octanol–water partition coefficient (Wildman–Crippen LogP) is 1.83. The summed E-state index contributed by atoms with van der Waals surface area (Å²) >= 11 is 3.34. The second kappa shape index (κ2) is 7.50. The van der Waals surface area contributed by atoms with Crippen molar-refractivity contribution < 1.29 is 22.4 Å². The Balaban J connectivity index is 1.99. The summed E-state index contributed by atoms with van der Waals surface area (Å²) < 4.78 is 34.7. The van der Waals surface area contributed by atoms with Crippen LogP contribution in [0.5, 0.6) is 0 Å². The summed E-state index contributed by atoms with van der Waals surface area (Å²) in [4.78, 5) is 26.7. The van der Waals surface area contributed by atoms with Gasteiger partial charge in [-0.05, 0) is 30.7 Å². The molecule has 140 valence electrons. The van der Waals surface area contributed by atoms with Gasteiger partial charge in [0.05, 0.1) is 18.1 Å². The summed E-state index contributed by atoms with van der Waals surface area (Å²) in [7, 11) is -1.68. The number of rotatable bonds is 5. The van der Waals surface area contributed by atoms with Gasteiger partial charge in [-0.25, -0.2) is 13.2 Å². The van der Waals surface area contributed by atoms with Crippen LogP contribution in [0.3, 0.4) is 0 Å². The average molecular weight is 444 g/mol. The monoisotopic (exact) mass is 443 g/mol. The highest BCUT2D eigenvalue weighted by Gasteiger charge is 2.35. The summed E-state index contributed by atoms with van der Waals surface area (Å²) in [6, 6.07) is 6.13. The van der Waals surface area contributed by atoms with Crippen molar-refractivity contribution in [1.82, 2.24) is 4.90 Å². The number of nitrogens with zero attached hydrogens (tertiary/aromatic N) is 1. The molecule has 0 bridgehead atoms. The van der Waals surface area contributed by atoms with E-state index in [1.807, 2.05) is 0 Å². The highest BCUT2D eigenvalue weighted by Crippen LogP contribution is 2.22. The van der Waals surface area contributed by atoms with Gasteiger partial charge in [-0.1, -0.05) is 15.9 Å². The van der Waals surface area contributed by atoms with Crippen LogP contribution in [0.1, 0.15) is 16.8 Å². The molecule has 0 N–H and O–H groups in total. The first-order valence-electron chi connectivity index (χ1n) is 8.04. The number of methoxy groups -OCH3 is 1. The molecule has 7 nitrogen and oxygen atoms in total. The van der Waals surface area contributed by atoms with Crippen LogP contribution in [-0.4, -0.2) is 57.0 Å². The molecule has 1 fully saturated rings. The largest absolute Gasteiger partial charge is 0.422 e. The molecule has 1 amide bonds. The minimum absolute atomic E-state index is 0.0354. The number of amides is 1. The third kappa shape index (κ3) is 3.99. The van der Waals surface area contributed by atoms with Crippen molar-refractivity contribution in [3.63, 3.8) is 0 Å². The average Bonchev–Trinajstić information content (AvgIpc) is 2.94. The topological polar surface area (TPSA) is 93.9 Å². The number of halogens is 1. The Bertz CT molecular complexity index is 1000. The van der Waals surface area contributed by atoms with Crippen molar-refractivity contribution >= 4 is 42.6 Å². The Labute approximate surface area is 159 Å². The summed E-state index contributed by atoms with van der Waals surface area (Å²) in [6.45, 7) is 0.443. The molecule has 1 aliphatic heterocycles. The van der Waals surface area contributed by atoms with Crippen molar-refractivity contribution in [3.05, 3.63) is 44.7 Å².